The number of hydrogen-bond acceptors (Lipinski definition) is 2. The summed E-state index contributed by atoms with van der Waals surface area (Å²) < 4.78 is 0. The van der Waals surface area contributed by atoms with Crippen LogP contribution in [0.15, 0.2) is 48.5 Å². The zero-order valence-electron chi connectivity index (χ0n) is 13.9. The molecule has 2 rings (SSSR count). The molecule has 4 nitrogen and oxygen atoms in total. The average Bonchev–Trinajstić information content (AvgIpc) is 2.54. The Morgan fingerprint density at radius 1 is 1.08 bits per heavy atom. The Kier molecular flexibility index (Phi) is 6.38. The lowest BCUT2D eigenvalue weighted by Crippen LogP contribution is -2.38. The minimum Gasteiger partial charge on any atom is -0.354 e. The summed E-state index contributed by atoms with van der Waals surface area (Å²) in [5.74, 6) is -0.130. The minimum atomic E-state index is -0.0783. The van der Waals surface area contributed by atoms with Crippen molar-refractivity contribution in [1.82, 2.24) is 5.32 Å². The van der Waals surface area contributed by atoms with E-state index in [1.807, 2.05) is 31.2 Å². The van der Waals surface area contributed by atoms with E-state index in [4.69, 9.17) is 11.6 Å². The maximum atomic E-state index is 12.1. The first kappa shape index (κ1) is 18.0. The molecule has 2 amide bonds. The number of anilines is 1. The van der Waals surface area contributed by atoms with Gasteiger partial charge in [-0.1, -0.05) is 35.9 Å². The maximum absolute atomic E-state index is 12.1. The summed E-state index contributed by atoms with van der Waals surface area (Å²) in [6, 6.07) is 14.9. The predicted molar refractivity (Wildman–Crippen MR) is 97.4 cm³/mol. The fraction of sp³-hybridized carbons (Fsp3) is 0.263. The molecule has 0 bridgehead atoms. The Hall–Kier alpha value is -2.33. The number of hydrogen-bond donors (Lipinski definition) is 1. The van der Waals surface area contributed by atoms with Crippen LogP contribution in [0.1, 0.15) is 18.1 Å². The van der Waals surface area contributed by atoms with Crippen molar-refractivity contribution in [2.75, 3.05) is 18.0 Å². The second-order valence-corrected chi connectivity index (χ2v) is 6.04. The molecule has 24 heavy (non-hydrogen) atoms. The van der Waals surface area contributed by atoms with E-state index >= 15 is 0 Å². The molecule has 2 aromatic rings. The first-order valence-corrected chi connectivity index (χ1v) is 8.20. The summed E-state index contributed by atoms with van der Waals surface area (Å²) in [7, 11) is 0. The van der Waals surface area contributed by atoms with Crippen molar-refractivity contribution in [2.24, 2.45) is 0 Å². The molecule has 0 atom stereocenters. The molecular formula is C19H21ClN2O2. The van der Waals surface area contributed by atoms with Gasteiger partial charge in [0.15, 0.2) is 0 Å². The average molecular weight is 345 g/mol. The van der Waals surface area contributed by atoms with E-state index in [1.165, 1.54) is 6.92 Å². The zero-order chi connectivity index (χ0) is 17.5. The quantitative estimate of drug-likeness (QED) is 0.873. The number of nitrogens with zero attached hydrogens (tertiary/aromatic N) is 1. The first-order chi connectivity index (χ1) is 11.5. The highest BCUT2D eigenvalue weighted by molar-refractivity contribution is 6.30. The van der Waals surface area contributed by atoms with Crippen molar-refractivity contribution in [3.8, 4) is 0 Å². The number of amides is 2. The lowest BCUT2D eigenvalue weighted by atomic mass is 10.1. The number of carbonyl (C=O) groups excluding carboxylic acids is 2. The SMILES string of the molecule is CC(=O)N(CCNC(=O)Cc1ccccc1C)c1ccc(Cl)cc1. The molecule has 2 aromatic carbocycles. The largest absolute Gasteiger partial charge is 0.354 e. The molecule has 0 heterocycles. The van der Waals surface area contributed by atoms with E-state index in [0.717, 1.165) is 16.8 Å². The predicted octanol–water partition coefficient (Wildman–Crippen LogP) is 3.36. The standard InChI is InChI=1S/C19H21ClN2O2/c1-14-5-3-4-6-16(14)13-19(24)21-11-12-22(15(2)23)18-9-7-17(20)8-10-18/h3-10H,11-13H2,1-2H3,(H,21,24). The molecule has 0 fully saturated rings. The molecule has 1 N–H and O–H groups in total. The van der Waals surface area contributed by atoms with Gasteiger partial charge in [0.05, 0.1) is 6.42 Å². The summed E-state index contributed by atoms with van der Waals surface area (Å²) in [4.78, 5) is 25.5. The summed E-state index contributed by atoms with van der Waals surface area (Å²) in [6.45, 7) is 4.30. The lowest BCUT2D eigenvalue weighted by molar-refractivity contribution is -0.121. The molecular weight excluding hydrogens is 324 g/mol. The Bertz CT molecular complexity index is 714. The minimum absolute atomic E-state index is 0.0519. The van der Waals surface area contributed by atoms with Gasteiger partial charge >= 0.3 is 0 Å². The van der Waals surface area contributed by atoms with Crippen molar-refractivity contribution in [3.63, 3.8) is 0 Å². The second-order valence-electron chi connectivity index (χ2n) is 5.60. The van der Waals surface area contributed by atoms with E-state index in [-0.39, 0.29) is 11.8 Å². The van der Waals surface area contributed by atoms with Gasteiger partial charge in [-0.2, -0.15) is 0 Å². The van der Waals surface area contributed by atoms with Gasteiger partial charge in [-0.25, -0.2) is 0 Å². The molecule has 0 spiro atoms. The Labute approximate surface area is 147 Å². The van der Waals surface area contributed by atoms with Gasteiger partial charge in [0, 0.05) is 30.7 Å². The molecule has 0 aliphatic carbocycles. The van der Waals surface area contributed by atoms with Crippen LogP contribution in [0.2, 0.25) is 5.02 Å². The van der Waals surface area contributed by atoms with Crippen molar-refractivity contribution >= 4 is 29.1 Å². The van der Waals surface area contributed by atoms with Gasteiger partial charge in [-0.15, -0.1) is 0 Å². The number of halogens is 1. The van der Waals surface area contributed by atoms with E-state index in [1.54, 1.807) is 29.2 Å². The van der Waals surface area contributed by atoms with Gasteiger partial charge in [-0.3, -0.25) is 9.59 Å². The van der Waals surface area contributed by atoms with Crippen molar-refractivity contribution < 1.29 is 9.59 Å². The molecule has 0 unspecified atom stereocenters. The van der Waals surface area contributed by atoms with Crippen LogP contribution in [0, 0.1) is 6.92 Å². The fourth-order valence-electron chi connectivity index (χ4n) is 2.44. The van der Waals surface area contributed by atoms with Gasteiger partial charge in [0.25, 0.3) is 0 Å². The Morgan fingerprint density at radius 3 is 2.38 bits per heavy atom. The van der Waals surface area contributed by atoms with Crippen molar-refractivity contribution in [1.29, 1.82) is 0 Å². The maximum Gasteiger partial charge on any atom is 0.224 e. The molecule has 0 saturated heterocycles. The number of rotatable bonds is 6. The summed E-state index contributed by atoms with van der Waals surface area (Å²) in [6.07, 6.45) is 0.341. The number of carbonyl (C=O) groups is 2. The van der Waals surface area contributed by atoms with Crippen LogP contribution in [-0.4, -0.2) is 24.9 Å². The smallest absolute Gasteiger partial charge is 0.224 e. The van der Waals surface area contributed by atoms with E-state index in [2.05, 4.69) is 5.32 Å². The van der Waals surface area contributed by atoms with Gasteiger partial charge < -0.3 is 10.2 Å². The lowest BCUT2D eigenvalue weighted by Gasteiger charge is -2.21. The molecule has 0 radical (unpaired) electrons. The number of aryl methyl sites for hydroxylation is 1. The monoisotopic (exact) mass is 344 g/mol. The van der Waals surface area contributed by atoms with Crippen LogP contribution in [-0.2, 0) is 16.0 Å². The second kappa shape index (κ2) is 8.50. The van der Waals surface area contributed by atoms with Gasteiger partial charge in [0.1, 0.15) is 0 Å². The fourth-order valence-corrected chi connectivity index (χ4v) is 2.57. The molecule has 0 aliphatic heterocycles. The number of nitrogens with one attached hydrogen (secondary N) is 1. The van der Waals surface area contributed by atoms with Crippen LogP contribution in [0.3, 0.4) is 0 Å². The molecule has 126 valence electrons. The molecule has 5 heteroatoms. The van der Waals surface area contributed by atoms with E-state index in [0.29, 0.717) is 24.5 Å². The third-order valence-corrected chi connectivity index (χ3v) is 4.04. The third kappa shape index (κ3) is 5.10. The Balaban J connectivity index is 1.89. The van der Waals surface area contributed by atoms with Gasteiger partial charge in [0.2, 0.25) is 11.8 Å². The summed E-state index contributed by atoms with van der Waals surface area (Å²) in [5, 5.41) is 3.49. The summed E-state index contributed by atoms with van der Waals surface area (Å²) in [5.41, 5.74) is 2.87. The molecule has 0 saturated carbocycles. The van der Waals surface area contributed by atoms with Crippen LogP contribution in [0.25, 0.3) is 0 Å². The topological polar surface area (TPSA) is 49.4 Å². The van der Waals surface area contributed by atoms with Crippen LogP contribution in [0.4, 0.5) is 5.69 Å². The molecule has 0 aromatic heterocycles. The summed E-state index contributed by atoms with van der Waals surface area (Å²) >= 11 is 5.87. The van der Waals surface area contributed by atoms with Crippen LogP contribution in [0.5, 0.6) is 0 Å². The van der Waals surface area contributed by atoms with Crippen molar-refractivity contribution in [2.45, 2.75) is 20.3 Å². The molecule has 0 aliphatic rings. The van der Waals surface area contributed by atoms with E-state index < -0.39 is 0 Å². The van der Waals surface area contributed by atoms with Crippen LogP contribution < -0.4 is 10.2 Å². The normalized spacial score (nSPS) is 10.3. The number of benzene rings is 2. The van der Waals surface area contributed by atoms with E-state index in [9.17, 15) is 9.59 Å². The van der Waals surface area contributed by atoms with Gasteiger partial charge in [-0.05, 0) is 42.3 Å². The highest BCUT2D eigenvalue weighted by Gasteiger charge is 2.12. The highest BCUT2D eigenvalue weighted by Crippen LogP contribution is 2.17. The third-order valence-electron chi connectivity index (χ3n) is 3.79. The highest BCUT2D eigenvalue weighted by atomic mass is 35.5. The van der Waals surface area contributed by atoms with Crippen molar-refractivity contribution in [3.05, 3.63) is 64.7 Å². The zero-order valence-corrected chi connectivity index (χ0v) is 14.6. The first-order valence-electron chi connectivity index (χ1n) is 7.82. The Morgan fingerprint density at radius 2 is 1.75 bits per heavy atom. The van der Waals surface area contributed by atoms with Crippen LogP contribution >= 0.6 is 11.6 Å².